The highest BCUT2D eigenvalue weighted by Crippen LogP contribution is 2.37. The van der Waals surface area contributed by atoms with Crippen molar-refractivity contribution in [2.24, 2.45) is 0 Å². The molecule has 2 atom stereocenters. The molecule has 4 rings (SSSR count). The van der Waals surface area contributed by atoms with Crippen LogP contribution in [0.3, 0.4) is 0 Å². The minimum absolute atomic E-state index is 0.0114. The van der Waals surface area contributed by atoms with Crippen molar-refractivity contribution in [2.45, 2.75) is 38.2 Å². The molecule has 26 heavy (non-hydrogen) atoms. The van der Waals surface area contributed by atoms with Gasteiger partial charge in [-0.2, -0.15) is 0 Å². The maximum Gasteiger partial charge on any atom is 0.231 e. The number of hydrogen-bond acceptors (Lipinski definition) is 6. The Labute approximate surface area is 156 Å². The summed E-state index contributed by atoms with van der Waals surface area (Å²) < 4.78 is 10.8. The van der Waals surface area contributed by atoms with Gasteiger partial charge in [-0.1, -0.05) is 6.07 Å². The Morgan fingerprint density at radius 1 is 1.38 bits per heavy atom. The van der Waals surface area contributed by atoms with E-state index in [1.807, 2.05) is 30.6 Å². The van der Waals surface area contributed by atoms with E-state index in [2.05, 4.69) is 4.98 Å². The maximum absolute atomic E-state index is 12.5. The van der Waals surface area contributed by atoms with Gasteiger partial charge in [-0.3, -0.25) is 4.79 Å². The minimum atomic E-state index is -0.571. The monoisotopic (exact) mass is 374 g/mol. The van der Waals surface area contributed by atoms with E-state index in [-0.39, 0.29) is 18.6 Å². The number of β-amino-alcohol motifs (C(OH)–C–C–N with tert-alkyl or cyclic N) is 1. The van der Waals surface area contributed by atoms with Gasteiger partial charge >= 0.3 is 0 Å². The molecule has 2 aliphatic heterocycles. The Morgan fingerprint density at radius 3 is 3.00 bits per heavy atom. The highest BCUT2D eigenvalue weighted by Gasteiger charge is 2.32. The van der Waals surface area contributed by atoms with Crippen LogP contribution in [-0.4, -0.2) is 46.9 Å². The lowest BCUT2D eigenvalue weighted by atomic mass is 9.86. The summed E-state index contributed by atoms with van der Waals surface area (Å²) in [4.78, 5) is 19.7. The van der Waals surface area contributed by atoms with Gasteiger partial charge < -0.3 is 19.5 Å². The van der Waals surface area contributed by atoms with Crippen LogP contribution in [0, 0.1) is 6.92 Å². The van der Waals surface area contributed by atoms with Gasteiger partial charge in [0, 0.05) is 30.3 Å². The van der Waals surface area contributed by atoms with Gasteiger partial charge in [-0.05, 0) is 37.5 Å². The number of rotatable bonds is 4. The molecule has 7 heteroatoms. The molecule has 1 saturated heterocycles. The molecule has 3 heterocycles. The Kier molecular flexibility index (Phi) is 4.82. The lowest BCUT2D eigenvalue weighted by molar-refractivity contribution is -0.134. The third-order valence-corrected chi connectivity index (χ3v) is 6.17. The molecule has 138 valence electrons. The average Bonchev–Trinajstić information content (AvgIpc) is 3.27. The number of piperidine rings is 1. The van der Waals surface area contributed by atoms with Crippen LogP contribution >= 0.6 is 11.3 Å². The van der Waals surface area contributed by atoms with Gasteiger partial charge in [0.2, 0.25) is 12.7 Å². The smallest absolute Gasteiger partial charge is 0.231 e. The van der Waals surface area contributed by atoms with Crippen molar-refractivity contribution in [1.29, 1.82) is 0 Å². The number of hydrogen-bond donors (Lipinski definition) is 1. The largest absolute Gasteiger partial charge is 0.454 e. The van der Waals surface area contributed by atoms with E-state index in [9.17, 15) is 9.90 Å². The second kappa shape index (κ2) is 7.25. The van der Waals surface area contributed by atoms with Gasteiger partial charge in [-0.25, -0.2) is 4.98 Å². The van der Waals surface area contributed by atoms with Crippen molar-refractivity contribution in [2.75, 3.05) is 19.9 Å². The molecular weight excluding hydrogens is 352 g/mol. The van der Waals surface area contributed by atoms with E-state index in [1.54, 1.807) is 16.2 Å². The molecule has 1 aromatic heterocycles. The molecule has 6 nitrogen and oxygen atoms in total. The van der Waals surface area contributed by atoms with E-state index >= 15 is 0 Å². The zero-order valence-corrected chi connectivity index (χ0v) is 15.5. The van der Waals surface area contributed by atoms with Crippen molar-refractivity contribution in [3.8, 4) is 11.5 Å². The lowest BCUT2D eigenvalue weighted by Crippen LogP contribution is -2.45. The summed E-state index contributed by atoms with van der Waals surface area (Å²) in [5.41, 5.74) is 3.86. The van der Waals surface area contributed by atoms with E-state index in [4.69, 9.17) is 9.47 Å². The Balaban J connectivity index is 1.35. The SMILES string of the molecule is Cc1ncsc1CCC(=O)N1CCC(c2ccc3c(c2)OCO3)C(O)C1. The van der Waals surface area contributed by atoms with Crippen LogP contribution in [0.2, 0.25) is 0 Å². The van der Waals surface area contributed by atoms with Crippen LogP contribution in [0.15, 0.2) is 23.7 Å². The number of carbonyl (C=O) groups excluding carboxylic acids is 1. The number of aliphatic hydroxyl groups excluding tert-OH is 1. The summed E-state index contributed by atoms with van der Waals surface area (Å²) in [7, 11) is 0. The molecule has 1 fully saturated rings. The van der Waals surface area contributed by atoms with Crippen LogP contribution in [0.5, 0.6) is 11.5 Å². The molecule has 2 unspecified atom stereocenters. The molecular formula is C19H22N2O4S. The minimum Gasteiger partial charge on any atom is -0.454 e. The average molecular weight is 374 g/mol. The molecule has 0 aliphatic carbocycles. The zero-order valence-electron chi connectivity index (χ0n) is 14.7. The first-order chi connectivity index (χ1) is 12.6. The van der Waals surface area contributed by atoms with Gasteiger partial charge in [0.15, 0.2) is 11.5 Å². The summed E-state index contributed by atoms with van der Waals surface area (Å²) >= 11 is 1.59. The summed E-state index contributed by atoms with van der Waals surface area (Å²) in [6.07, 6.45) is 1.35. The molecule has 2 aromatic rings. The van der Waals surface area contributed by atoms with Crippen LogP contribution in [0.4, 0.5) is 0 Å². The van der Waals surface area contributed by atoms with Crippen LogP contribution in [-0.2, 0) is 11.2 Å². The number of ether oxygens (including phenoxy) is 2. The summed E-state index contributed by atoms with van der Waals surface area (Å²) in [6, 6.07) is 5.81. The summed E-state index contributed by atoms with van der Waals surface area (Å²) in [5, 5.41) is 10.6. The van der Waals surface area contributed by atoms with Crippen molar-refractivity contribution >= 4 is 17.2 Å². The molecule has 2 aliphatic rings. The van der Waals surface area contributed by atoms with Crippen LogP contribution < -0.4 is 9.47 Å². The molecule has 1 N–H and O–H groups in total. The number of nitrogens with zero attached hydrogens (tertiary/aromatic N) is 2. The predicted octanol–water partition coefficient (Wildman–Crippen LogP) is 2.49. The van der Waals surface area contributed by atoms with Crippen molar-refractivity contribution in [3.05, 3.63) is 39.8 Å². The van der Waals surface area contributed by atoms with Crippen molar-refractivity contribution in [1.82, 2.24) is 9.88 Å². The zero-order chi connectivity index (χ0) is 18.1. The third-order valence-electron chi connectivity index (χ3n) is 5.17. The molecule has 1 amide bonds. The van der Waals surface area contributed by atoms with E-state index in [1.165, 1.54) is 0 Å². The molecule has 0 saturated carbocycles. The Morgan fingerprint density at radius 2 is 2.23 bits per heavy atom. The highest BCUT2D eigenvalue weighted by molar-refractivity contribution is 7.09. The molecule has 1 aromatic carbocycles. The second-order valence-corrected chi connectivity index (χ2v) is 7.72. The fraction of sp³-hybridized carbons (Fsp3) is 0.474. The third kappa shape index (κ3) is 3.41. The topological polar surface area (TPSA) is 71.9 Å². The number of fused-ring (bicyclic) bond motifs is 1. The fourth-order valence-electron chi connectivity index (χ4n) is 3.64. The predicted molar refractivity (Wildman–Crippen MR) is 97.7 cm³/mol. The van der Waals surface area contributed by atoms with E-state index < -0.39 is 6.10 Å². The first-order valence-electron chi connectivity index (χ1n) is 8.86. The van der Waals surface area contributed by atoms with Crippen molar-refractivity contribution < 1.29 is 19.4 Å². The summed E-state index contributed by atoms with van der Waals surface area (Å²) in [5.74, 6) is 1.58. The second-order valence-electron chi connectivity index (χ2n) is 6.78. The van der Waals surface area contributed by atoms with Gasteiger partial charge in [0.1, 0.15) is 0 Å². The number of thiazole rings is 1. The lowest BCUT2D eigenvalue weighted by Gasteiger charge is -2.36. The molecule has 0 bridgehead atoms. The number of aryl methyl sites for hydroxylation is 2. The van der Waals surface area contributed by atoms with E-state index in [0.29, 0.717) is 25.9 Å². The normalized spacial score (nSPS) is 21.8. The molecule has 0 spiro atoms. The fourth-order valence-corrected chi connectivity index (χ4v) is 4.42. The van der Waals surface area contributed by atoms with E-state index in [0.717, 1.165) is 34.1 Å². The van der Waals surface area contributed by atoms with Crippen molar-refractivity contribution in [3.63, 3.8) is 0 Å². The Hall–Kier alpha value is -2.12. The van der Waals surface area contributed by atoms with Gasteiger partial charge in [0.25, 0.3) is 0 Å². The van der Waals surface area contributed by atoms with Crippen LogP contribution in [0.25, 0.3) is 0 Å². The number of carbonyl (C=O) groups is 1. The number of aliphatic hydroxyl groups is 1. The highest BCUT2D eigenvalue weighted by atomic mass is 32.1. The standard InChI is InChI=1S/C19H22N2O4S/c1-12-18(26-10-20-12)4-5-19(23)21-7-6-14(15(22)9-21)13-2-3-16-17(8-13)25-11-24-16/h2-3,8,10,14-15,22H,4-7,9,11H2,1H3. The summed E-state index contributed by atoms with van der Waals surface area (Å²) in [6.45, 7) is 3.25. The number of amides is 1. The van der Waals surface area contributed by atoms with Gasteiger partial charge in [0.05, 0.1) is 17.3 Å². The first-order valence-corrected chi connectivity index (χ1v) is 9.74. The first kappa shape index (κ1) is 17.3. The Bertz CT molecular complexity index is 807. The van der Waals surface area contributed by atoms with Crippen LogP contribution in [0.1, 0.15) is 34.9 Å². The maximum atomic E-state index is 12.5. The number of likely N-dealkylation sites (tertiary alicyclic amines) is 1. The quantitative estimate of drug-likeness (QED) is 0.890. The van der Waals surface area contributed by atoms with Gasteiger partial charge in [-0.15, -0.1) is 11.3 Å². The number of benzene rings is 1. The molecule has 0 radical (unpaired) electrons. The number of aromatic nitrogens is 1.